The van der Waals surface area contributed by atoms with Gasteiger partial charge in [0.25, 0.3) is 31.1 Å². The van der Waals surface area contributed by atoms with Crippen LogP contribution in [-0.2, 0) is 85.3 Å². The summed E-state index contributed by atoms with van der Waals surface area (Å²) < 4.78 is 452. The maximum absolute atomic E-state index is 12.8. The van der Waals surface area contributed by atoms with Crippen LogP contribution in [0.3, 0.4) is 0 Å². The summed E-state index contributed by atoms with van der Waals surface area (Å²) >= 11 is 0. The van der Waals surface area contributed by atoms with E-state index in [0.29, 0.717) is 0 Å². The molecule has 0 bridgehead atoms. The van der Waals surface area contributed by atoms with Crippen molar-refractivity contribution in [3.63, 3.8) is 0 Å². The second kappa shape index (κ2) is 29.0. The van der Waals surface area contributed by atoms with Crippen LogP contribution >= 0.6 is 0 Å². The minimum atomic E-state index is -6.44. The van der Waals surface area contributed by atoms with E-state index in [2.05, 4.69) is 85.3 Å². The molecule has 9 saturated heterocycles. The van der Waals surface area contributed by atoms with Crippen LogP contribution in [0.25, 0.3) is 0 Å². The predicted octanol–water partition coefficient (Wildman–Crippen LogP) is 12.2. The third kappa shape index (κ3) is 21.8. The van der Waals surface area contributed by atoms with Crippen molar-refractivity contribution in [2.45, 2.75) is 142 Å². The number of alkyl halides is 33. The number of hydrogen-bond acceptors (Lipinski definition) is 27. The Balaban J connectivity index is 0.000000539. The van der Waals surface area contributed by atoms with Crippen LogP contribution in [0.15, 0.2) is 0 Å². The van der Waals surface area contributed by atoms with Gasteiger partial charge in [-0.3, -0.25) is 0 Å². The molecule has 0 radical (unpaired) electrons. The molecule has 9 aliphatic rings. The molecular weight excluding hydrogens is 1480 g/mol. The average molecular weight is 1500 g/mol. The summed E-state index contributed by atoms with van der Waals surface area (Å²) in [6.45, 7) is 0.491. The van der Waals surface area contributed by atoms with E-state index in [1.54, 1.807) is 0 Å². The molecule has 27 nitrogen and oxygen atoms in total. The van der Waals surface area contributed by atoms with Gasteiger partial charge in [0.1, 0.15) is 6.61 Å². The number of hydrogen-bond donors (Lipinski definition) is 0. The first-order valence-corrected chi connectivity index (χ1v) is 21.5. The first-order chi connectivity index (χ1) is 42.1. The lowest BCUT2D eigenvalue weighted by molar-refractivity contribution is -0.422. The highest BCUT2D eigenvalue weighted by Gasteiger charge is 2.89. The summed E-state index contributed by atoms with van der Waals surface area (Å²) in [5, 5.41) is 0. The molecule has 552 valence electrons. The molecule has 0 aromatic rings. The Hall–Kier alpha value is -8.88. The lowest BCUT2D eigenvalue weighted by Crippen LogP contribution is -2.62. The van der Waals surface area contributed by atoms with Gasteiger partial charge in [-0.05, 0) is 6.92 Å². The lowest BCUT2D eigenvalue weighted by atomic mass is 10.1. The van der Waals surface area contributed by atoms with Gasteiger partial charge in [0.05, 0.1) is 0 Å². The maximum atomic E-state index is 12.8. The summed E-state index contributed by atoms with van der Waals surface area (Å²) in [5.41, 5.74) is 0. The molecule has 11 atom stereocenters. The molecular formula is C35H19F33O27. The first-order valence-electron chi connectivity index (χ1n) is 21.5. The highest BCUT2D eigenvalue weighted by atomic mass is 19.4. The number of cyclic esters (lactones) is 18. The summed E-state index contributed by atoms with van der Waals surface area (Å²) in [7, 11) is 0. The molecule has 9 rings (SSSR count). The van der Waals surface area contributed by atoms with E-state index in [4.69, 9.17) is 0 Å². The molecule has 0 aromatic heterocycles. The fourth-order valence-electron chi connectivity index (χ4n) is 4.48. The van der Waals surface area contributed by atoms with Crippen LogP contribution in [0.2, 0.25) is 0 Å². The van der Waals surface area contributed by atoms with Gasteiger partial charge in [-0.15, -0.1) is 0 Å². The van der Waals surface area contributed by atoms with E-state index < -0.39 is 190 Å². The van der Waals surface area contributed by atoms with E-state index in [9.17, 15) is 188 Å². The van der Waals surface area contributed by atoms with Crippen molar-refractivity contribution < 1.29 is 273 Å². The molecule has 0 spiro atoms. The van der Waals surface area contributed by atoms with Crippen molar-refractivity contribution in [2.24, 2.45) is 0 Å². The number of rotatable bonds is 1. The molecule has 9 heterocycles. The van der Waals surface area contributed by atoms with Crippen LogP contribution in [0, 0.1) is 0 Å². The Morgan fingerprint density at radius 3 is 0.926 bits per heavy atom. The van der Waals surface area contributed by atoms with Crippen molar-refractivity contribution in [3.8, 4) is 0 Å². The minimum absolute atomic E-state index is 0.300. The third-order valence-corrected chi connectivity index (χ3v) is 8.75. The van der Waals surface area contributed by atoms with Crippen molar-refractivity contribution in [2.75, 3.05) is 19.8 Å². The summed E-state index contributed by atoms with van der Waals surface area (Å²) in [4.78, 5) is 89.1. The SMILES string of the molecule is CC1(F)COC(=O)O1.CC1OC(=O)OC1F.O=C1OC(F)(C(F)(F)F)C(F)(C(F)(F)F)O1.O=C1OC(F)(F)C(F)(C(F)(F)F)O1.O=C1OC(F)(F)C(F)(F)O1.O=C1OC(F)C(C(F)(F)F)O1.O=C1OC(F)C(F)(F)O1.O=C1OCC(C(F)F)O1.O=C1OCC(F)(C(F)(F)F)O1. The van der Waals surface area contributed by atoms with Crippen molar-refractivity contribution in [1.82, 2.24) is 0 Å². The number of carbonyl (C=O) groups excluding carboxylic acids is 9. The first kappa shape index (κ1) is 84.1. The van der Waals surface area contributed by atoms with Crippen molar-refractivity contribution in [3.05, 3.63) is 0 Å². The molecule has 0 aliphatic carbocycles. The quantitative estimate of drug-likeness (QED) is 0.134. The Morgan fingerprint density at radius 1 is 0.379 bits per heavy atom. The topological polar surface area (TPSA) is 320 Å². The van der Waals surface area contributed by atoms with Gasteiger partial charge < -0.3 is 85.3 Å². The maximum Gasteiger partial charge on any atom is 0.518 e. The molecule has 9 fully saturated rings. The van der Waals surface area contributed by atoms with Gasteiger partial charge in [0.2, 0.25) is 0 Å². The zero-order valence-corrected chi connectivity index (χ0v) is 43.2. The Labute approximate surface area is 491 Å². The Bertz CT molecular complexity index is 2680. The summed E-state index contributed by atoms with van der Waals surface area (Å²) in [6, 6.07) is 0. The number of carbonyl (C=O) groups is 9. The molecule has 0 aromatic carbocycles. The van der Waals surface area contributed by atoms with Gasteiger partial charge in [0.15, 0.2) is 25.4 Å². The molecule has 0 saturated carbocycles. The van der Waals surface area contributed by atoms with Crippen LogP contribution < -0.4 is 0 Å². The van der Waals surface area contributed by atoms with Gasteiger partial charge in [-0.2, -0.15) is 136 Å². The molecule has 95 heavy (non-hydrogen) atoms. The second-order valence-corrected chi connectivity index (χ2v) is 16.0. The van der Waals surface area contributed by atoms with Crippen LogP contribution in [-0.4, -0.2) is 204 Å². The van der Waals surface area contributed by atoms with Gasteiger partial charge in [-0.1, -0.05) is 0 Å². The highest BCUT2D eigenvalue weighted by Crippen LogP contribution is 2.57. The Kier molecular flexibility index (Phi) is 25.7. The summed E-state index contributed by atoms with van der Waals surface area (Å²) in [5.74, 6) is -23.1. The lowest BCUT2D eigenvalue weighted by Gasteiger charge is -2.30. The zero-order valence-electron chi connectivity index (χ0n) is 43.2. The third-order valence-electron chi connectivity index (χ3n) is 8.75. The Morgan fingerprint density at radius 2 is 0.768 bits per heavy atom. The zero-order chi connectivity index (χ0) is 75.1. The molecule has 0 N–H and O–H groups in total. The predicted molar refractivity (Wildman–Crippen MR) is 195 cm³/mol. The van der Waals surface area contributed by atoms with E-state index in [1.165, 1.54) is 6.92 Å². The second-order valence-electron chi connectivity index (χ2n) is 16.0. The van der Waals surface area contributed by atoms with Crippen molar-refractivity contribution >= 4 is 55.4 Å². The minimum Gasteiger partial charge on any atom is -0.430 e. The van der Waals surface area contributed by atoms with Crippen LogP contribution in [0.5, 0.6) is 0 Å². The normalized spacial score (nSPS) is 32.3. The fourth-order valence-corrected chi connectivity index (χ4v) is 4.48. The van der Waals surface area contributed by atoms with Gasteiger partial charge >= 0.3 is 140 Å². The van der Waals surface area contributed by atoms with E-state index in [-0.39, 0.29) is 13.2 Å². The van der Waals surface area contributed by atoms with E-state index in [1.807, 2.05) is 0 Å². The molecule has 0 amide bonds. The van der Waals surface area contributed by atoms with E-state index >= 15 is 0 Å². The van der Waals surface area contributed by atoms with Crippen LogP contribution in [0.4, 0.5) is 188 Å². The standard InChI is InChI=1S/C5F8O3.C4F6O3.2C4H2F4O3.C4H4F2O3.2C4H5FO3.C3F4O3.C3HF3O3/c6-2(4(8,9)10)3(7,5(11,12)13)16-1(14)15-2;5-2(3(6,7)8)4(9,10)13-1(11)12-2;5-3(4(6,7)8)1-10-2(9)11-3;5-2-1(4(6,7)8)10-3(9)11-2;5-3(6)2-1-8-4(7)9-2;1-4(5)2-7-3(6)8-4;1-2-3(5)8-4(6)7-2;4-2(5)3(6,7)10-1(8)9-2;4-1-3(5,6)9-2(7)8-1/h;;1H2;1-2H;2-3H,1H2;2H2,1H3;2-3H,1H3;;1H. The van der Waals surface area contributed by atoms with E-state index in [0.717, 1.165) is 6.92 Å². The molecule has 11 unspecified atom stereocenters. The molecule has 60 heteroatoms. The fraction of sp³-hybridized carbons (Fsp3) is 0.743. The van der Waals surface area contributed by atoms with Crippen molar-refractivity contribution in [1.29, 1.82) is 0 Å². The number of halogens is 33. The van der Waals surface area contributed by atoms with Gasteiger partial charge in [-0.25, -0.2) is 51.9 Å². The number of ether oxygens (including phenoxy) is 18. The molecule has 9 aliphatic heterocycles. The largest absolute Gasteiger partial charge is 0.518 e. The summed E-state index contributed by atoms with van der Waals surface area (Å²) in [6.07, 6.45) is -78.2. The monoisotopic (exact) mass is 1500 g/mol. The smallest absolute Gasteiger partial charge is 0.430 e. The van der Waals surface area contributed by atoms with Gasteiger partial charge in [0, 0.05) is 6.92 Å². The van der Waals surface area contributed by atoms with Crippen LogP contribution in [0.1, 0.15) is 13.8 Å². The highest BCUT2D eigenvalue weighted by molar-refractivity contribution is 5.66. The average Bonchev–Trinajstić information content (AvgIpc) is 1.59.